The molecule has 0 aromatic heterocycles. The van der Waals surface area contributed by atoms with Crippen LogP contribution in [0.25, 0.3) is 0 Å². The van der Waals surface area contributed by atoms with Crippen LogP contribution in [0.2, 0.25) is 10.0 Å². The average Bonchev–Trinajstić information content (AvgIpc) is 2.41. The maximum atomic E-state index is 6.29. The minimum absolute atomic E-state index is 0.102. The summed E-state index contributed by atoms with van der Waals surface area (Å²) >= 11 is 14.0. The molecule has 2 aromatic carbocycles. The summed E-state index contributed by atoms with van der Waals surface area (Å²) in [5, 5.41) is 1.56. The Morgan fingerprint density at radius 2 is 1.80 bits per heavy atom. The second kappa shape index (κ2) is 7.37. The lowest BCUT2D eigenvalue weighted by atomic mass is 10.1. The number of hydrogen-bond donors (Lipinski definition) is 1. The highest BCUT2D eigenvalue weighted by molar-refractivity contribution is 7.98. The fourth-order valence-corrected chi connectivity index (χ4v) is 3.43. The first-order chi connectivity index (χ1) is 9.56. The van der Waals surface area contributed by atoms with Crippen molar-refractivity contribution in [3.05, 3.63) is 63.6 Å². The molecule has 0 saturated carbocycles. The number of thioether (sulfide) groups is 1. The third kappa shape index (κ3) is 4.42. The number of hydrogen-bond acceptors (Lipinski definition) is 2. The molecule has 0 spiro atoms. The van der Waals surface area contributed by atoms with Crippen molar-refractivity contribution in [2.24, 2.45) is 5.73 Å². The third-order valence-electron chi connectivity index (χ3n) is 2.91. The minimum Gasteiger partial charge on any atom is -0.328 e. The van der Waals surface area contributed by atoms with Crippen LogP contribution in [-0.2, 0) is 12.2 Å². The zero-order valence-corrected chi connectivity index (χ0v) is 13.6. The van der Waals surface area contributed by atoms with Crippen LogP contribution in [0.4, 0.5) is 0 Å². The zero-order valence-electron chi connectivity index (χ0n) is 11.3. The molecule has 106 valence electrons. The maximum Gasteiger partial charge on any atom is 0.0449 e. The van der Waals surface area contributed by atoms with Gasteiger partial charge in [0.1, 0.15) is 0 Å². The highest BCUT2D eigenvalue weighted by Gasteiger charge is 2.09. The van der Waals surface area contributed by atoms with Gasteiger partial charge in [0.15, 0.2) is 0 Å². The molecule has 0 aliphatic heterocycles. The quantitative estimate of drug-likeness (QED) is 0.767. The second-order valence-corrected chi connectivity index (χ2v) is 6.67. The summed E-state index contributed by atoms with van der Waals surface area (Å²) in [5.74, 6) is 0.892. The first kappa shape index (κ1) is 15.7. The Hall–Kier alpha value is -0.670. The molecule has 0 fully saturated rings. The SMILES string of the molecule is CC(N)Cc1c(Cl)cccc1SCc1ccc(Cl)cc1. The summed E-state index contributed by atoms with van der Waals surface area (Å²) in [6.45, 7) is 2.00. The molecule has 4 heteroatoms. The molecule has 0 aliphatic rings. The van der Waals surface area contributed by atoms with E-state index >= 15 is 0 Å². The van der Waals surface area contributed by atoms with Gasteiger partial charge in [-0.15, -0.1) is 11.8 Å². The van der Waals surface area contributed by atoms with Crippen molar-refractivity contribution in [1.29, 1.82) is 0 Å². The van der Waals surface area contributed by atoms with Crippen molar-refractivity contribution in [1.82, 2.24) is 0 Å². The molecule has 1 unspecified atom stereocenters. The Kier molecular flexibility index (Phi) is 5.79. The number of rotatable bonds is 5. The smallest absolute Gasteiger partial charge is 0.0449 e. The standard InChI is InChI=1S/C16H17Cl2NS/c1-11(19)9-14-15(18)3-2-4-16(14)20-10-12-5-7-13(17)8-6-12/h2-8,11H,9-10,19H2,1H3. The predicted octanol–water partition coefficient (Wildman–Crippen LogP) is 5.18. The van der Waals surface area contributed by atoms with Crippen molar-refractivity contribution in [2.75, 3.05) is 0 Å². The van der Waals surface area contributed by atoms with Gasteiger partial charge in [-0.05, 0) is 48.7 Å². The lowest BCUT2D eigenvalue weighted by Gasteiger charge is -2.13. The van der Waals surface area contributed by atoms with Gasteiger partial charge in [0, 0.05) is 26.7 Å². The molecular formula is C16H17Cl2NS. The summed E-state index contributed by atoms with van der Waals surface area (Å²) in [4.78, 5) is 1.20. The monoisotopic (exact) mass is 325 g/mol. The first-order valence-corrected chi connectivity index (χ1v) is 8.20. The average molecular weight is 326 g/mol. The van der Waals surface area contributed by atoms with E-state index in [9.17, 15) is 0 Å². The topological polar surface area (TPSA) is 26.0 Å². The van der Waals surface area contributed by atoms with E-state index in [-0.39, 0.29) is 6.04 Å². The lowest BCUT2D eigenvalue weighted by Crippen LogP contribution is -2.18. The van der Waals surface area contributed by atoms with E-state index < -0.39 is 0 Å². The molecule has 2 N–H and O–H groups in total. The van der Waals surface area contributed by atoms with E-state index in [4.69, 9.17) is 28.9 Å². The first-order valence-electron chi connectivity index (χ1n) is 6.46. The van der Waals surface area contributed by atoms with Crippen LogP contribution >= 0.6 is 35.0 Å². The second-order valence-electron chi connectivity index (χ2n) is 4.81. The maximum absolute atomic E-state index is 6.29. The Morgan fingerprint density at radius 1 is 1.10 bits per heavy atom. The van der Waals surface area contributed by atoms with E-state index in [1.54, 1.807) is 11.8 Å². The van der Waals surface area contributed by atoms with Gasteiger partial charge in [0.25, 0.3) is 0 Å². The molecule has 0 heterocycles. The molecule has 1 atom stereocenters. The molecule has 0 saturated heterocycles. The molecule has 0 radical (unpaired) electrons. The van der Waals surface area contributed by atoms with Crippen LogP contribution in [0.15, 0.2) is 47.4 Å². The third-order valence-corrected chi connectivity index (χ3v) is 4.69. The van der Waals surface area contributed by atoms with E-state index in [1.165, 1.54) is 10.5 Å². The summed E-state index contributed by atoms with van der Waals surface area (Å²) in [6.07, 6.45) is 0.794. The molecule has 1 nitrogen and oxygen atoms in total. The highest BCUT2D eigenvalue weighted by atomic mass is 35.5. The Bertz CT molecular complexity index is 567. The van der Waals surface area contributed by atoms with Gasteiger partial charge >= 0.3 is 0 Å². The van der Waals surface area contributed by atoms with Crippen LogP contribution in [0.3, 0.4) is 0 Å². The fourth-order valence-electron chi connectivity index (χ4n) is 1.94. The van der Waals surface area contributed by atoms with Crippen molar-refractivity contribution < 1.29 is 0 Å². The molecule has 0 amide bonds. The van der Waals surface area contributed by atoms with Crippen LogP contribution in [0.1, 0.15) is 18.1 Å². The van der Waals surface area contributed by atoms with Gasteiger partial charge in [0.05, 0.1) is 0 Å². The van der Waals surface area contributed by atoms with Gasteiger partial charge in [-0.3, -0.25) is 0 Å². The zero-order chi connectivity index (χ0) is 14.5. The van der Waals surface area contributed by atoms with Crippen LogP contribution in [0, 0.1) is 0 Å². The van der Waals surface area contributed by atoms with E-state index in [0.29, 0.717) is 0 Å². The van der Waals surface area contributed by atoms with Gasteiger partial charge in [-0.25, -0.2) is 0 Å². The molecule has 2 rings (SSSR count). The van der Waals surface area contributed by atoms with Crippen molar-refractivity contribution in [3.63, 3.8) is 0 Å². The van der Waals surface area contributed by atoms with Crippen LogP contribution in [-0.4, -0.2) is 6.04 Å². The summed E-state index contributed by atoms with van der Waals surface area (Å²) < 4.78 is 0. The fraction of sp³-hybridized carbons (Fsp3) is 0.250. The summed E-state index contributed by atoms with van der Waals surface area (Å²) in [6, 6.07) is 14.0. The van der Waals surface area contributed by atoms with Gasteiger partial charge in [-0.2, -0.15) is 0 Å². The van der Waals surface area contributed by atoms with Crippen molar-refractivity contribution >= 4 is 35.0 Å². The summed E-state index contributed by atoms with van der Waals surface area (Å²) in [5.41, 5.74) is 8.29. The van der Waals surface area contributed by atoms with E-state index in [2.05, 4.69) is 6.07 Å². The number of benzene rings is 2. The van der Waals surface area contributed by atoms with Crippen LogP contribution < -0.4 is 5.73 Å². The molecule has 20 heavy (non-hydrogen) atoms. The molecular weight excluding hydrogens is 309 g/mol. The Labute approximate surface area is 134 Å². The lowest BCUT2D eigenvalue weighted by molar-refractivity contribution is 0.729. The van der Waals surface area contributed by atoms with Gasteiger partial charge in [0.2, 0.25) is 0 Å². The van der Waals surface area contributed by atoms with E-state index in [1.807, 2.05) is 43.3 Å². The predicted molar refractivity (Wildman–Crippen MR) is 89.8 cm³/mol. The molecule has 0 bridgehead atoms. The van der Waals surface area contributed by atoms with Gasteiger partial charge < -0.3 is 5.73 Å². The largest absolute Gasteiger partial charge is 0.328 e. The van der Waals surface area contributed by atoms with Crippen LogP contribution in [0.5, 0.6) is 0 Å². The van der Waals surface area contributed by atoms with Gasteiger partial charge in [-0.1, -0.05) is 41.4 Å². The van der Waals surface area contributed by atoms with Crippen molar-refractivity contribution in [3.8, 4) is 0 Å². The molecule has 0 aliphatic carbocycles. The number of nitrogens with two attached hydrogens (primary N) is 1. The highest BCUT2D eigenvalue weighted by Crippen LogP contribution is 2.31. The summed E-state index contributed by atoms with van der Waals surface area (Å²) in [7, 11) is 0. The molecule has 2 aromatic rings. The Balaban J connectivity index is 2.12. The normalized spacial score (nSPS) is 12.4. The van der Waals surface area contributed by atoms with Crippen molar-refractivity contribution in [2.45, 2.75) is 30.0 Å². The number of halogens is 2. The minimum atomic E-state index is 0.102. The van der Waals surface area contributed by atoms with E-state index in [0.717, 1.165) is 27.8 Å². The Morgan fingerprint density at radius 3 is 2.45 bits per heavy atom.